The van der Waals surface area contributed by atoms with Crippen LogP contribution in [0.3, 0.4) is 0 Å². The second kappa shape index (κ2) is 6.74. The quantitative estimate of drug-likeness (QED) is 0.676. The van der Waals surface area contributed by atoms with E-state index < -0.39 is 6.10 Å². The van der Waals surface area contributed by atoms with Crippen molar-refractivity contribution in [1.29, 1.82) is 0 Å². The summed E-state index contributed by atoms with van der Waals surface area (Å²) in [5.74, 6) is 1.31. The maximum atomic E-state index is 13.4. The molecule has 136 valence electrons. The normalized spacial score (nSPS) is 20.8. The molecule has 3 heterocycles. The lowest BCUT2D eigenvalue weighted by molar-refractivity contribution is -0.143. The van der Waals surface area contributed by atoms with Gasteiger partial charge in [-0.3, -0.25) is 4.79 Å². The lowest BCUT2D eigenvalue weighted by Crippen LogP contribution is -2.49. The van der Waals surface area contributed by atoms with Crippen LogP contribution < -0.4 is 9.47 Å². The number of para-hydroxylation sites is 2. The number of hydrogen-bond acceptors (Lipinski definition) is 4. The molecule has 0 aliphatic carbocycles. The highest BCUT2D eigenvalue weighted by atomic mass is 32.1. The number of fused-ring (bicyclic) bond motifs is 2. The third-order valence-electron chi connectivity index (χ3n) is 5.15. The highest BCUT2D eigenvalue weighted by molar-refractivity contribution is 7.10. The minimum absolute atomic E-state index is 0.0183. The first kappa shape index (κ1) is 16.4. The van der Waals surface area contributed by atoms with Crippen LogP contribution in [0.4, 0.5) is 0 Å². The van der Waals surface area contributed by atoms with Crippen LogP contribution >= 0.6 is 11.3 Å². The third kappa shape index (κ3) is 2.88. The van der Waals surface area contributed by atoms with Crippen LogP contribution in [0.2, 0.25) is 0 Å². The smallest absolute Gasteiger partial charge is 0.268 e. The van der Waals surface area contributed by atoms with Crippen LogP contribution in [0.5, 0.6) is 11.5 Å². The van der Waals surface area contributed by atoms with Gasteiger partial charge in [0.1, 0.15) is 6.61 Å². The van der Waals surface area contributed by atoms with Crippen molar-refractivity contribution in [3.63, 3.8) is 0 Å². The van der Waals surface area contributed by atoms with E-state index in [0.29, 0.717) is 18.0 Å². The van der Waals surface area contributed by atoms with Crippen molar-refractivity contribution in [1.82, 2.24) is 4.90 Å². The van der Waals surface area contributed by atoms with Gasteiger partial charge in [0.2, 0.25) is 6.10 Å². The third-order valence-corrected chi connectivity index (χ3v) is 6.14. The summed E-state index contributed by atoms with van der Waals surface area (Å²) >= 11 is 1.77. The summed E-state index contributed by atoms with van der Waals surface area (Å²) in [6.45, 7) is 0.928. The Morgan fingerprint density at radius 2 is 1.78 bits per heavy atom. The average molecular weight is 377 g/mol. The van der Waals surface area contributed by atoms with Crippen molar-refractivity contribution in [2.45, 2.75) is 18.6 Å². The molecular weight excluding hydrogens is 358 g/mol. The van der Waals surface area contributed by atoms with Crippen LogP contribution in [0, 0.1) is 0 Å². The number of carbonyl (C=O) groups is 1. The molecule has 0 saturated carbocycles. The Balaban J connectivity index is 1.47. The number of carbonyl (C=O) groups excluding carboxylic acids is 1. The van der Waals surface area contributed by atoms with Gasteiger partial charge in [0, 0.05) is 11.4 Å². The summed E-state index contributed by atoms with van der Waals surface area (Å²) in [5, 5.41) is 2.12. The monoisotopic (exact) mass is 377 g/mol. The Morgan fingerprint density at radius 3 is 2.63 bits per heavy atom. The van der Waals surface area contributed by atoms with Crippen molar-refractivity contribution < 1.29 is 14.3 Å². The van der Waals surface area contributed by atoms with E-state index in [1.54, 1.807) is 11.3 Å². The molecule has 0 N–H and O–H groups in total. The Hall–Kier alpha value is -2.79. The van der Waals surface area contributed by atoms with Gasteiger partial charge in [0.15, 0.2) is 11.5 Å². The molecule has 0 saturated heterocycles. The molecule has 0 spiro atoms. The number of benzene rings is 2. The van der Waals surface area contributed by atoms with Crippen LogP contribution in [-0.4, -0.2) is 30.1 Å². The van der Waals surface area contributed by atoms with Gasteiger partial charge in [0.05, 0.1) is 6.04 Å². The van der Waals surface area contributed by atoms with Crippen molar-refractivity contribution in [3.8, 4) is 11.5 Å². The van der Waals surface area contributed by atoms with Crippen LogP contribution in [0.15, 0.2) is 66.0 Å². The standard InChI is InChI=1S/C22H19NO3S/c24-22(19-14-25-17-8-4-5-9-18(17)26-19)23-12-10-20-16(11-13-27-20)21(23)15-6-2-1-3-7-15/h1-9,11,13,19,21H,10,12,14H2/t19-,21+/m0/s1. The molecule has 0 radical (unpaired) electrons. The number of rotatable bonds is 2. The van der Waals surface area contributed by atoms with Gasteiger partial charge < -0.3 is 14.4 Å². The second-order valence-corrected chi connectivity index (χ2v) is 7.76. The molecule has 0 unspecified atom stereocenters. The number of amides is 1. The fourth-order valence-corrected chi connectivity index (χ4v) is 4.78. The van der Waals surface area contributed by atoms with Gasteiger partial charge >= 0.3 is 0 Å². The van der Waals surface area contributed by atoms with Gasteiger partial charge in [-0.15, -0.1) is 11.3 Å². The Kier molecular flexibility index (Phi) is 4.09. The Morgan fingerprint density at radius 1 is 1.00 bits per heavy atom. The molecule has 2 aliphatic rings. The first-order valence-corrected chi connectivity index (χ1v) is 9.99. The molecule has 4 nitrogen and oxygen atoms in total. The predicted octanol–water partition coefficient (Wildman–Crippen LogP) is 4.06. The van der Waals surface area contributed by atoms with E-state index in [9.17, 15) is 4.79 Å². The molecule has 5 rings (SSSR count). The van der Waals surface area contributed by atoms with Crippen LogP contribution in [0.1, 0.15) is 22.0 Å². The molecule has 2 atom stereocenters. The second-order valence-electron chi connectivity index (χ2n) is 6.76. The molecule has 2 aliphatic heterocycles. The van der Waals surface area contributed by atoms with Crippen molar-refractivity contribution in [2.75, 3.05) is 13.2 Å². The minimum Gasteiger partial charge on any atom is -0.485 e. The molecule has 1 amide bonds. The fourth-order valence-electron chi connectivity index (χ4n) is 3.87. The molecular formula is C22H19NO3S. The topological polar surface area (TPSA) is 38.8 Å². The average Bonchev–Trinajstić information content (AvgIpc) is 3.21. The first-order valence-electron chi connectivity index (χ1n) is 9.11. The molecule has 1 aromatic heterocycles. The summed E-state index contributed by atoms with van der Waals surface area (Å²) < 4.78 is 11.8. The fraction of sp³-hybridized carbons (Fsp3) is 0.227. The van der Waals surface area contributed by atoms with Gasteiger partial charge in [-0.1, -0.05) is 42.5 Å². The van der Waals surface area contributed by atoms with Gasteiger partial charge in [-0.05, 0) is 41.1 Å². The van der Waals surface area contributed by atoms with Crippen molar-refractivity contribution in [2.24, 2.45) is 0 Å². The molecule has 2 aromatic carbocycles. The zero-order chi connectivity index (χ0) is 18.2. The number of hydrogen-bond donors (Lipinski definition) is 0. The number of ether oxygens (including phenoxy) is 2. The molecule has 5 heteroatoms. The van der Waals surface area contributed by atoms with Gasteiger partial charge in [0.25, 0.3) is 5.91 Å². The van der Waals surface area contributed by atoms with Gasteiger partial charge in [-0.25, -0.2) is 0 Å². The molecule has 0 bridgehead atoms. The zero-order valence-corrected chi connectivity index (χ0v) is 15.5. The summed E-state index contributed by atoms with van der Waals surface area (Å²) in [6.07, 6.45) is 0.262. The SMILES string of the molecule is O=C([C@@H]1COc2ccccc2O1)N1CCc2sccc2[C@H]1c1ccccc1. The van der Waals surface area contributed by atoms with E-state index in [1.165, 1.54) is 10.4 Å². The van der Waals surface area contributed by atoms with Crippen LogP contribution in [0.25, 0.3) is 0 Å². The summed E-state index contributed by atoms with van der Waals surface area (Å²) in [4.78, 5) is 16.7. The summed E-state index contributed by atoms with van der Waals surface area (Å²) in [6, 6.07) is 19.8. The maximum absolute atomic E-state index is 13.4. The highest BCUT2D eigenvalue weighted by Crippen LogP contribution is 2.39. The Labute approximate surface area is 162 Å². The van der Waals surface area contributed by atoms with E-state index in [4.69, 9.17) is 9.47 Å². The predicted molar refractivity (Wildman–Crippen MR) is 104 cm³/mol. The zero-order valence-electron chi connectivity index (χ0n) is 14.7. The van der Waals surface area contributed by atoms with E-state index in [2.05, 4.69) is 23.6 Å². The summed E-state index contributed by atoms with van der Waals surface area (Å²) in [5.41, 5.74) is 2.35. The first-order chi connectivity index (χ1) is 13.3. The maximum Gasteiger partial charge on any atom is 0.268 e. The van der Waals surface area contributed by atoms with E-state index in [1.807, 2.05) is 47.4 Å². The van der Waals surface area contributed by atoms with Gasteiger partial charge in [-0.2, -0.15) is 0 Å². The molecule has 27 heavy (non-hydrogen) atoms. The van der Waals surface area contributed by atoms with Crippen molar-refractivity contribution >= 4 is 17.2 Å². The minimum atomic E-state index is -0.619. The van der Waals surface area contributed by atoms with Crippen molar-refractivity contribution in [3.05, 3.63) is 82.0 Å². The number of thiophene rings is 1. The Bertz CT molecular complexity index is 968. The lowest BCUT2D eigenvalue weighted by Gasteiger charge is -2.39. The number of nitrogens with zero attached hydrogens (tertiary/aromatic N) is 1. The molecule has 3 aromatic rings. The largest absolute Gasteiger partial charge is 0.485 e. The summed E-state index contributed by atoms with van der Waals surface area (Å²) in [7, 11) is 0. The van der Waals surface area contributed by atoms with E-state index in [-0.39, 0.29) is 18.6 Å². The van der Waals surface area contributed by atoms with Crippen LogP contribution in [-0.2, 0) is 11.2 Å². The van der Waals surface area contributed by atoms with E-state index in [0.717, 1.165) is 12.0 Å². The molecule has 0 fully saturated rings. The lowest BCUT2D eigenvalue weighted by atomic mass is 9.93. The highest BCUT2D eigenvalue weighted by Gasteiger charge is 2.38. The van der Waals surface area contributed by atoms with E-state index >= 15 is 0 Å².